The third-order valence-corrected chi connectivity index (χ3v) is 4.66. The topological polar surface area (TPSA) is 12.0 Å². The first-order valence-electron chi connectivity index (χ1n) is 4.51. The maximum Gasteiger partial charge on any atom is 0.270 e. The Hall–Kier alpha value is 0.580. The molecule has 2 saturated heterocycles. The zero-order valence-corrected chi connectivity index (χ0v) is 10.0. The van der Waals surface area contributed by atoms with Gasteiger partial charge in [-0.2, -0.15) is 0 Å². The summed E-state index contributed by atoms with van der Waals surface area (Å²) in [5.41, 5.74) is 0. The monoisotopic (exact) mass is 297 g/mol. The van der Waals surface area contributed by atoms with Crippen molar-refractivity contribution < 1.29 is 4.48 Å². The van der Waals surface area contributed by atoms with Crippen LogP contribution in [0.25, 0.3) is 0 Å². The molecular formula is C8H14IN2S+. The summed E-state index contributed by atoms with van der Waals surface area (Å²) in [5, 5.41) is 4.46. The van der Waals surface area contributed by atoms with E-state index in [1.807, 2.05) is 0 Å². The fraction of sp³-hybridized carbons (Fsp3) is 0.875. The minimum atomic E-state index is 0.751. The average molecular weight is 297 g/mol. The number of nitrogens with zero attached hydrogens (tertiary/aromatic N) is 1. The van der Waals surface area contributed by atoms with E-state index in [1.54, 1.807) is 0 Å². The van der Waals surface area contributed by atoms with Gasteiger partial charge in [-0.3, -0.25) is 4.48 Å². The number of hydrogen-bond acceptors (Lipinski definition) is 1. The van der Waals surface area contributed by atoms with E-state index in [0.717, 1.165) is 22.2 Å². The Kier molecular flexibility index (Phi) is 2.58. The van der Waals surface area contributed by atoms with Crippen LogP contribution < -0.4 is 5.32 Å². The molecule has 12 heavy (non-hydrogen) atoms. The van der Waals surface area contributed by atoms with Gasteiger partial charge in [-0.05, 0) is 0 Å². The lowest BCUT2D eigenvalue weighted by Crippen LogP contribution is -2.53. The summed E-state index contributed by atoms with van der Waals surface area (Å²) in [6, 6.07) is 0.751. The molecule has 0 aliphatic carbocycles. The minimum absolute atomic E-state index is 0.751. The van der Waals surface area contributed by atoms with Crippen molar-refractivity contribution in [2.24, 2.45) is 0 Å². The summed E-state index contributed by atoms with van der Waals surface area (Å²) >= 11 is 7.88. The number of halogens is 1. The molecule has 0 aromatic rings. The van der Waals surface area contributed by atoms with Gasteiger partial charge in [0.15, 0.2) is 0 Å². The molecule has 2 aliphatic heterocycles. The zero-order valence-electron chi connectivity index (χ0n) is 7.05. The van der Waals surface area contributed by atoms with Gasteiger partial charge >= 0.3 is 0 Å². The van der Waals surface area contributed by atoms with E-state index in [4.69, 9.17) is 12.2 Å². The molecule has 4 heteroatoms. The first-order chi connectivity index (χ1) is 5.79. The lowest BCUT2D eigenvalue weighted by Gasteiger charge is -2.32. The van der Waals surface area contributed by atoms with E-state index >= 15 is 0 Å². The van der Waals surface area contributed by atoms with Crippen LogP contribution in [-0.2, 0) is 0 Å². The molecule has 0 saturated carbocycles. The molecule has 1 N–H and O–H groups in total. The predicted octanol–water partition coefficient (Wildman–Crippen LogP) is 1.29. The van der Waals surface area contributed by atoms with E-state index in [1.165, 1.54) is 30.4 Å². The van der Waals surface area contributed by atoms with E-state index < -0.39 is 0 Å². The highest BCUT2D eigenvalue weighted by atomic mass is 127. The zero-order chi connectivity index (χ0) is 8.60. The Bertz CT molecular complexity index is 201. The number of rotatable bonds is 1. The van der Waals surface area contributed by atoms with Crippen LogP contribution in [0.5, 0.6) is 0 Å². The Morgan fingerprint density at radius 1 is 1.50 bits per heavy atom. The number of hydrogen-bond donors (Lipinski definition) is 1. The molecule has 1 spiro atoms. The van der Waals surface area contributed by atoms with Crippen molar-refractivity contribution in [3.05, 3.63) is 0 Å². The number of alkyl halides is 1. The summed E-state index contributed by atoms with van der Waals surface area (Å²) in [4.78, 5) is 0. The smallest absolute Gasteiger partial charge is 0.270 e. The van der Waals surface area contributed by atoms with E-state index in [-0.39, 0.29) is 0 Å². The lowest BCUT2D eigenvalue weighted by molar-refractivity contribution is -0.841. The van der Waals surface area contributed by atoms with Gasteiger partial charge < -0.3 is 5.32 Å². The molecule has 2 fully saturated rings. The fourth-order valence-corrected chi connectivity index (χ4v) is 3.84. The molecule has 0 amide bonds. The predicted molar refractivity (Wildman–Crippen MR) is 62.5 cm³/mol. The maximum absolute atomic E-state index is 5.39. The number of nitrogens with one attached hydrogen (secondary N) is 1. The van der Waals surface area contributed by atoms with Gasteiger partial charge in [0.05, 0.1) is 24.1 Å². The van der Waals surface area contributed by atoms with Crippen molar-refractivity contribution in [2.75, 3.05) is 24.1 Å². The second-order valence-corrected chi connectivity index (χ2v) is 4.95. The summed E-state index contributed by atoms with van der Waals surface area (Å²) in [5.74, 6) is 0. The van der Waals surface area contributed by atoms with Crippen molar-refractivity contribution in [1.29, 1.82) is 0 Å². The van der Waals surface area contributed by atoms with Crippen molar-refractivity contribution in [2.45, 2.75) is 18.9 Å². The molecule has 0 aromatic heterocycles. The molecule has 0 bridgehead atoms. The van der Waals surface area contributed by atoms with Crippen molar-refractivity contribution in [3.63, 3.8) is 0 Å². The molecule has 68 valence electrons. The highest BCUT2D eigenvalue weighted by molar-refractivity contribution is 14.1. The standard InChI is InChI=1S/C8H13IN2S/c9-5-7-6-10-8(12)11(7)3-1-2-4-11/h7H,1-6H2/p+1. The Morgan fingerprint density at radius 2 is 2.17 bits per heavy atom. The highest BCUT2D eigenvalue weighted by Crippen LogP contribution is 2.28. The van der Waals surface area contributed by atoms with Crippen molar-refractivity contribution in [1.82, 2.24) is 5.32 Å². The van der Waals surface area contributed by atoms with Crippen LogP contribution >= 0.6 is 34.8 Å². The minimum Gasteiger partial charge on any atom is -0.325 e. The Balaban J connectivity index is 2.23. The molecule has 1 unspecified atom stereocenters. The first-order valence-corrected chi connectivity index (χ1v) is 6.44. The third kappa shape index (κ3) is 1.19. The number of thiocarbonyl (C=S) groups is 1. The molecule has 2 aliphatic rings. The summed E-state index contributed by atoms with van der Waals surface area (Å²) in [7, 11) is 0. The highest BCUT2D eigenvalue weighted by Gasteiger charge is 2.48. The van der Waals surface area contributed by atoms with Gasteiger partial charge in [0, 0.05) is 25.1 Å². The molecular weight excluding hydrogens is 283 g/mol. The van der Waals surface area contributed by atoms with Gasteiger partial charge in [-0.1, -0.05) is 22.6 Å². The van der Waals surface area contributed by atoms with Crippen LogP contribution in [0.15, 0.2) is 0 Å². The van der Waals surface area contributed by atoms with Crippen LogP contribution in [0.2, 0.25) is 0 Å². The van der Waals surface area contributed by atoms with E-state index in [0.29, 0.717) is 0 Å². The summed E-state index contributed by atoms with van der Waals surface area (Å²) < 4.78 is 2.34. The van der Waals surface area contributed by atoms with Gasteiger partial charge in [0.1, 0.15) is 6.04 Å². The molecule has 0 radical (unpaired) electrons. The Morgan fingerprint density at radius 3 is 2.75 bits per heavy atom. The summed E-state index contributed by atoms with van der Waals surface area (Å²) in [6.45, 7) is 3.65. The van der Waals surface area contributed by atoms with Crippen LogP contribution in [0.3, 0.4) is 0 Å². The molecule has 1 atom stereocenters. The molecule has 0 aromatic carbocycles. The molecule has 2 rings (SSSR count). The van der Waals surface area contributed by atoms with Crippen molar-refractivity contribution in [3.8, 4) is 0 Å². The van der Waals surface area contributed by atoms with Crippen LogP contribution in [0.4, 0.5) is 0 Å². The second kappa shape index (κ2) is 3.38. The Labute approximate surface area is 92.4 Å². The lowest BCUT2D eigenvalue weighted by atomic mass is 10.3. The normalized spacial score (nSPS) is 32.8. The van der Waals surface area contributed by atoms with Crippen LogP contribution in [0, 0.1) is 0 Å². The maximum atomic E-state index is 5.39. The van der Waals surface area contributed by atoms with Gasteiger partial charge in [-0.25, -0.2) is 0 Å². The second-order valence-electron chi connectivity index (χ2n) is 3.68. The molecule has 2 nitrogen and oxygen atoms in total. The van der Waals surface area contributed by atoms with Crippen LogP contribution in [-0.4, -0.2) is 39.7 Å². The first kappa shape index (κ1) is 9.15. The molecule has 2 heterocycles. The van der Waals surface area contributed by atoms with Gasteiger partial charge in [0.25, 0.3) is 5.11 Å². The largest absolute Gasteiger partial charge is 0.325 e. The van der Waals surface area contributed by atoms with E-state index in [9.17, 15) is 0 Å². The van der Waals surface area contributed by atoms with Crippen molar-refractivity contribution >= 4 is 39.9 Å². The SMILES string of the molecule is S=C1NCC(CI)[N+]12CCCC2. The van der Waals surface area contributed by atoms with Gasteiger partial charge in [-0.15, -0.1) is 0 Å². The third-order valence-electron chi connectivity index (χ3n) is 3.13. The number of quaternary nitrogens is 1. The van der Waals surface area contributed by atoms with E-state index in [2.05, 4.69) is 27.9 Å². The summed E-state index contributed by atoms with van der Waals surface area (Å²) in [6.07, 6.45) is 2.71. The van der Waals surface area contributed by atoms with Gasteiger partial charge in [0.2, 0.25) is 0 Å². The average Bonchev–Trinajstić information content (AvgIpc) is 2.65. The van der Waals surface area contributed by atoms with Crippen LogP contribution in [0.1, 0.15) is 12.8 Å². The fourth-order valence-electron chi connectivity index (χ4n) is 2.36. The quantitative estimate of drug-likeness (QED) is 0.339.